The largest absolute Gasteiger partial charge is 0.481 e. The Bertz CT molecular complexity index is 220. The highest BCUT2D eigenvalue weighted by Crippen LogP contribution is 2.18. The van der Waals surface area contributed by atoms with E-state index in [9.17, 15) is 9.90 Å². The monoisotopic (exact) mass is 173 g/mol. The summed E-state index contributed by atoms with van der Waals surface area (Å²) in [5, 5.41) is 20.9. The van der Waals surface area contributed by atoms with Crippen molar-refractivity contribution in [1.82, 2.24) is 0 Å². The molecule has 0 saturated carbocycles. The molecular weight excluding hydrogens is 162 g/mol. The highest BCUT2D eigenvalue weighted by molar-refractivity contribution is 5.79. The molecule has 0 aliphatic heterocycles. The molecule has 0 aromatic heterocycles. The number of rotatable bonds is 4. The highest BCUT2D eigenvalue weighted by Gasteiger charge is 2.39. The lowest BCUT2D eigenvalue weighted by Crippen LogP contribution is -2.44. The van der Waals surface area contributed by atoms with Crippen LogP contribution in [0.2, 0.25) is 0 Å². The minimum Gasteiger partial charge on any atom is -0.481 e. The van der Waals surface area contributed by atoms with E-state index in [1.54, 1.807) is 6.92 Å². The van der Waals surface area contributed by atoms with Crippen molar-refractivity contribution >= 4 is 5.97 Å². The summed E-state index contributed by atoms with van der Waals surface area (Å²) in [6.45, 7) is 2.79. The van der Waals surface area contributed by atoms with Gasteiger partial charge in [-0.15, -0.1) is 0 Å². The van der Waals surface area contributed by atoms with Gasteiger partial charge in [0.25, 0.3) is 0 Å². The van der Waals surface area contributed by atoms with Crippen LogP contribution in [-0.2, 0) is 4.79 Å². The second-order valence-electron chi connectivity index (χ2n) is 2.57. The fourth-order valence-corrected chi connectivity index (χ4v) is 0.742. The predicted octanol–water partition coefficient (Wildman–Crippen LogP) is 0.911. The van der Waals surface area contributed by atoms with Gasteiger partial charge in [-0.1, -0.05) is 12.0 Å². The second-order valence-corrected chi connectivity index (χ2v) is 2.57. The summed E-state index contributed by atoms with van der Waals surface area (Å²) in [4.78, 5) is 13.0. The lowest BCUT2D eigenvalue weighted by molar-refractivity contribution is -0.147. The fraction of sp³-hybridized carbons (Fsp3) is 0.833. The van der Waals surface area contributed by atoms with Crippen molar-refractivity contribution < 1.29 is 15.0 Å². The van der Waals surface area contributed by atoms with Crippen LogP contribution >= 0.6 is 0 Å². The number of aliphatic hydroxyl groups is 1. The van der Waals surface area contributed by atoms with Crippen molar-refractivity contribution in [3.8, 4) is 0 Å². The second kappa shape index (κ2) is 3.94. The van der Waals surface area contributed by atoms with Crippen LogP contribution in [0.1, 0.15) is 20.3 Å². The Morgan fingerprint density at radius 1 is 1.83 bits per heavy atom. The molecule has 0 bridgehead atoms. The van der Waals surface area contributed by atoms with Crippen molar-refractivity contribution in [2.24, 2.45) is 5.11 Å². The van der Waals surface area contributed by atoms with Crippen LogP contribution in [0.15, 0.2) is 5.11 Å². The van der Waals surface area contributed by atoms with Crippen molar-refractivity contribution in [2.45, 2.75) is 31.9 Å². The van der Waals surface area contributed by atoms with Gasteiger partial charge < -0.3 is 10.2 Å². The van der Waals surface area contributed by atoms with Gasteiger partial charge in [0.05, 0.1) is 6.10 Å². The number of hydrogen-bond acceptors (Lipinski definition) is 3. The van der Waals surface area contributed by atoms with E-state index in [0.717, 1.165) is 0 Å². The number of hydrogen-bond donors (Lipinski definition) is 2. The third-order valence-corrected chi connectivity index (χ3v) is 1.72. The SMILES string of the molecule is CC[C@H](O)[C@@](C)(N=[N+]=[N-])C(=O)O. The van der Waals surface area contributed by atoms with Gasteiger partial charge in [0.15, 0.2) is 5.54 Å². The molecule has 6 heteroatoms. The quantitative estimate of drug-likeness (QED) is 0.374. The van der Waals surface area contributed by atoms with E-state index in [0.29, 0.717) is 0 Å². The first-order chi connectivity index (χ1) is 5.49. The van der Waals surface area contributed by atoms with Crippen molar-refractivity contribution in [2.75, 3.05) is 0 Å². The first kappa shape index (κ1) is 10.7. The molecule has 2 N–H and O–H groups in total. The Kier molecular flexibility index (Phi) is 3.53. The Hall–Kier alpha value is -1.26. The number of aliphatic hydroxyl groups excluding tert-OH is 1. The van der Waals surface area contributed by atoms with E-state index >= 15 is 0 Å². The maximum Gasteiger partial charge on any atom is 0.318 e. The molecule has 0 spiro atoms. The summed E-state index contributed by atoms with van der Waals surface area (Å²) in [6, 6.07) is 0. The molecule has 0 unspecified atom stereocenters. The van der Waals surface area contributed by atoms with Gasteiger partial charge in [-0.2, -0.15) is 0 Å². The molecule has 0 radical (unpaired) electrons. The van der Waals surface area contributed by atoms with Gasteiger partial charge >= 0.3 is 5.97 Å². The lowest BCUT2D eigenvalue weighted by atomic mass is 9.94. The van der Waals surface area contributed by atoms with Gasteiger partial charge in [-0.05, 0) is 18.9 Å². The van der Waals surface area contributed by atoms with Crippen LogP contribution in [0.4, 0.5) is 0 Å². The van der Waals surface area contributed by atoms with Crippen LogP contribution in [0.5, 0.6) is 0 Å². The van der Waals surface area contributed by atoms with Crippen LogP contribution in [0.25, 0.3) is 10.4 Å². The number of carboxylic acid groups (broad SMARTS) is 1. The summed E-state index contributed by atoms with van der Waals surface area (Å²) in [7, 11) is 0. The van der Waals surface area contributed by atoms with E-state index in [4.69, 9.17) is 10.6 Å². The summed E-state index contributed by atoms with van der Waals surface area (Å²) < 4.78 is 0. The molecule has 0 saturated heterocycles. The van der Waals surface area contributed by atoms with Crippen LogP contribution in [-0.4, -0.2) is 27.8 Å². The van der Waals surface area contributed by atoms with Gasteiger partial charge in [-0.25, -0.2) is 0 Å². The van der Waals surface area contributed by atoms with Crippen molar-refractivity contribution in [3.63, 3.8) is 0 Å². The van der Waals surface area contributed by atoms with Crippen molar-refractivity contribution in [1.29, 1.82) is 0 Å². The average Bonchev–Trinajstić information content (AvgIpc) is 2.03. The third kappa shape index (κ3) is 1.87. The Morgan fingerprint density at radius 3 is 2.58 bits per heavy atom. The zero-order valence-corrected chi connectivity index (χ0v) is 6.93. The molecule has 0 aromatic carbocycles. The molecule has 12 heavy (non-hydrogen) atoms. The van der Waals surface area contributed by atoms with Gasteiger partial charge in [0.2, 0.25) is 0 Å². The van der Waals surface area contributed by atoms with Crippen LogP contribution in [0.3, 0.4) is 0 Å². The van der Waals surface area contributed by atoms with E-state index in [2.05, 4.69) is 10.0 Å². The zero-order chi connectivity index (χ0) is 9.78. The van der Waals surface area contributed by atoms with E-state index < -0.39 is 17.6 Å². The van der Waals surface area contributed by atoms with Crippen molar-refractivity contribution in [3.05, 3.63) is 10.4 Å². The normalized spacial score (nSPS) is 17.2. The molecule has 2 atom stereocenters. The molecule has 0 aliphatic rings. The Labute approximate surface area is 69.4 Å². The standard InChI is InChI=1S/C6H11N3O3/c1-3-4(10)6(2,5(11)12)8-9-7/h4,10H,3H2,1-2H3,(H,11,12)/t4-,6+/m0/s1. The minimum atomic E-state index is -1.76. The number of carboxylic acids is 1. The Balaban J connectivity index is 4.85. The van der Waals surface area contributed by atoms with E-state index in [1.807, 2.05) is 0 Å². The number of nitrogens with zero attached hydrogens (tertiary/aromatic N) is 3. The van der Waals surface area contributed by atoms with Gasteiger partial charge in [-0.3, -0.25) is 4.79 Å². The van der Waals surface area contributed by atoms with Crippen LogP contribution < -0.4 is 0 Å². The lowest BCUT2D eigenvalue weighted by Gasteiger charge is -2.23. The molecular formula is C6H11N3O3. The molecule has 68 valence electrons. The first-order valence-electron chi connectivity index (χ1n) is 3.46. The first-order valence-corrected chi connectivity index (χ1v) is 3.46. The Morgan fingerprint density at radius 2 is 2.33 bits per heavy atom. The molecule has 0 heterocycles. The maximum absolute atomic E-state index is 10.6. The predicted molar refractivity (Wildman–Crippen MR) is 41.5 cm³/mol. The number of azide groups is 1. The molecule has 0 fully saturated rings. The van der Waals surface area contributed by atoms with Gasteiger partial charge in [0.1, 0.15) is 0 Å². The number of carbonyl (C=O) groups is 1. The number of aliphatic carboxylic acids is 1. The fourth-order valence-electron chi connectivity index (χ4n) is 0.742. The van der Waals surface area contributed by atoms with E-state index in [-0.39, 0.29) is 6.42 Å². The summed E-state index contributed by atoms with van der Waals surface area (Å²) in [5.74, 6) is -1.32. The molecule has 0 rings (SSSR count). The smallest absolute Gasteiger partial charge is 0.318 e. The molecule has 6 nitrogen and oxygen atoms in total. The molecule has 0 aromatic rings. The average molecular weight is 173 g/mol. The minimum absolute atomic E-state index is 0.224. The maximum atomic E-state index is 10.6. The van der Waals surface area contributed by atoms with Gasteiger partial charge in [0, 0.05) is 4.91 Å². The zero-order valence-electron chi connectivity index (χ0n) is 6.93. The third-order valence-electron chi connectivity index (χ3n) is 1.72. The highest BCUT2D eigenvalue weighted by atomic mass is 16.4. The summed E-state index contributed by atoms with van der Waals surface area (Å²) in [5.41, 5.74) is 6.32. The van der Waals surface area contributed by atoms with Crippen LogP contribution in [0, 0.1) is 0 Å². The molecule has 0 amide bonds. The molecule has 0 aliphatic carbocycles. The van der Waals surface area contributed by atoms with E-state index in [1.165, 1.54) is 6.92 Å². The summed E-state index contributed by atoms with van der Waals surface area (Å²) >= 11 is 0. The summed E-state index contributed by atoms with van der Waals surface area (Å²) in [6.07, 6.45) is -0.937. The topological polar surface area (TPSA) is 106 Å².